The van der Waals surface area contributed by atoms with Crippen LogP contribution in [0.3, 0.4) is 0 Å². The number of rotatable bonds is 5. The average molecular weight is 477 g/mol. The van der Waals surface area contributed by atoms with Gasteiger partial charge in [0.15, 0.2) is 15.6 Å². The Labute approximate surface area is 187 Å². The third kappa shape index (κ3) is 4.48. The number of hydrogen-bond donors (Lipinski definition) is 0. The Balaban J connectivity index is 1.47. The van der Waals surface area contributed by atoms with Crippen LogP contribution >= 0.6 is 0 Å². The molecular formula is C22H24N2O6S2. The van der Waals surface area contributed by atoms with E-state index >= 15 is 0 Å². The van der Waals surface area contributed by atoms with Crippen LogP contribution in [0, 0.1) is 0 Å². The number of benzene rings is 2. The van der Waals surface area contributed by atoms with Crippen molar-refractivity contribution >= 4 is 31.6 Å². The van der Waals surface area contributed by atoms with Gasteiger partial charge < -0.3 is 4.90 Å². The van der Waals surface area contributed by atoms with Gasteiger partial charge in [-0.05, 0) is 12.5 Å². The van der Waals surface area contributed by atoms with Crippen molar-refractivity contribution in [3.63, 3.8) is 0 Å². The van der Waals surface area contributed by atoms with Crippen molar-refractivity contribution in [1.29, 1.82) is 0 Å². The van der Waals surface area contributed by atoms with Crippen molar-refractivity contribution in [1.82, 2.24) is 9.21 Å². The minimum atomic E-state index is -3.74. The molecule has 0 N–H and O–H groups in total. The Hall–Kier alpha value is -2.56. The van der Waals surface area contributed by atoms with E-state index in [2.05, 4.69) is 0 Å². The van der Waals surface area contributed by atoms with Gasteiger partial charge in [-0.15, -0.1) is 0 Å². The van der Waals surface area contributed by atoms with Crippen molar-refractivity contribution in [2.24, 2.45) is 0 Å². The fourth-order valence-electron chi connectivity index (χ4n) is 4.14. The van der Waals surface area contributed by atoms with Crippen molar-refractivity contribution in [3.8, 4) is 0 Å². The van der Waals surface area contributed by atoms with Crippen molar-refractivity contribution in [2.75, 3.05) is 37.7 Å². The van der Waals surface area contributed by atoms with Gasteiger partial charge in [0.25, 0.3) is 5.91 Å². The lowest BCUT2D eigenvalue weighted by Crippen LogP contribution is -2.52. The second kappa shape index (κ2) is 8.76. The number of piperazine rings is 1. The summed E-state index contributed by atoms with van der Waals surface area (Å²) in [5.74, 6) is -1.03. The van der Waals surface area contributed by atoms with Crippen molar-refractivity contribution in [3.05, 3.63) is 71.3 Å². The Kier molecular flexibility index (Phi) is 6.19. The van der Waals surface area contributed by atoms with Crippen LogP contribution in [0.1, 0.15) is 32.7 Å². The average Bonchev–Trinajstić information content (AvgIpc) is 3.19. The molecule has 2 aliphatic rings. The van der Waals surface area contributed by atoms with Gasteiger partial charge in [0.05, 0.1) is 22.3 Å². The van der Waals surface area contributed by atoms with E-state index in [1.165, 1.54) is 9.21 Å². The summed E-state index contributed by atoms with van der Waals surface area (Å²) in [6, 6.07) is 15.3. The van der Waals surface area contributed by atoms with Gasteiger partial charge in [-0.2, -0.15) is 4.31 Å². The number of carbonyl (C=O) groups excluding carboxylic acids is 2. The van der Waals surface area contributed by atoms with Gasteiger partial charge in [-0.3, -0.25) is 9.59 Å². The van der Waals surface area contributed by atoms with Crippen molar-refractivity contribution in [2.45, 2.75) is 11.7 Å². The molecule has 0 spiro atoms. The highest BCUT2D eigenvalue weighted by atomic mass is 32.2. The molecule has 2 heterocycles. The third-order valence-electron chi connectivity index (χ3n) is 5.94. The molecule has 170 valence electrons. The van der Waals surface area contributed by atoms with E-state index in [0.29, 0.717) is 11.1 Å². The third-order valence-corrected chi connectivity index (χ3v) is 10.2. The van der Waals surface area contributed by atoms with Crippen LogP contribution in [0.2, 0.25) is 0 Å². The minimum absolute atomic E-state index is 0.0966. The molecule has 1 atom stereocenters. The van der Waals surface area contributed by atoms with Gasteiger partial charge in [-0.1, -0.05) is 48.5 Å². The molecule has 2 aliphatic heterocycles. The van der Waals surface area contributed by atoms with Gasteiger partial charge >= 0.3 is 0 Å². The van der Waals surface area contributed by atoms with Crippen LogP contribution in [-0.2, 0) is 19.9 Å². The zero-order valence-corrected chi connectivity index (χ0v) is 19.0. The molecule has 2 aromatic rings. The Bertz CT molecular complexity index is 1230. The summed E-state index contributed by atoms with van der Waals surface area (Å²) in [5.41, 5.74) is 1.06. The Morgan fingerprint density at radius 2 is 1.44 bits per heavy atom. The second-order valence-corrected chi connectivity index (χ2v) is 12.4. The summed E-state index contributed by atoms with van der Waals surface area (Å²) < 4.78 is 50.3. The summed E-state index contributed by atoms with van der Waals surface area (Å²) >= 11 is 0. The number of nitrogens with zero attached hydrogens (tertiary/aromatic N) is 2. The molecule has 0 radical (unpaired) electrons. The van der Waals surface area contributed by atoms with Crippen molar-refractivity contribution < 1.29 is 26.4 Å². The normalized spacial score (nSPS) is 21.4. The van der Waals surface area contributed by atoms with E-state index in [4.69, 9.17) is 0 Å². The van der Waals surface area contributed by atoms with Gasteiger partial charge in [0.2, 0.25) is 10.0 Å². The topological polar surface area (TPSA) is 109 Å². The molecule has 1 amide bonds. The van der Waals surface area contributed by atoms with E-state index in [1.54, 1.807) is 48.5 Å². The molecule has 2 saturated heterocycles. The molecule has 0 aliphatic carbocycles. The lowest BCUT2D eigenvalue weighted by molar-refractivity contribution is 0.0694. The number of carbonyl (C=O) groups is 2. The number of sulfonamides is 1. The van der Waals surface area contributed by atoms with E-state index < -0.39 is 25.1 Å². The van der Waals surface area contributed by atoms with Crippen LogP contribution in [0.15, 0.2) is 54.6 Å². The zero-order chi connectivity index (χ0) is 22.9. The maximum atomic E-state index is 13.2. The Morgan fingerprint density at radius 1 is 0.844 bits per heavy atom. The fraction of sp³-hybridized carbons (Fsp3) is 0.364. The summed E-state index contributed by atoms with van der Waals surface area (Å²) in [7, 11) is -7.06. The van der Waals surface area contributed by atoms with E-state index in [0.717, 1.165) is 0 Å². The van der Waals surface area contributed by atoms with Crippen LogP contribution in [-0.4, -0.2) is 80.7 Å². The van der Waals surface area contributed by atoms with Crippen LogP contribution in [0.25, 0.3) is 0 Å². The first-order chi connectivity index (χ1) is 15.2. The first kappa shape index (κ1) is 22.6. The molecule has 2 aromatic carbocycles. The quantitative estimate of drug-likeness (QED) is 0.600. The molecule has 32 heavy (non-hydrogen) atoms. The van der Waals surface area contributed by atoms with Crippen LogP contribution in [0.5, 0.6) is 0 Å². The van der Waals surface area contributed by atoms with Crippen LogP contribution < -0.4 is 0 Å². The predicted molar refractivity (Wildman–Crippen MR) is 120 cm³/mol. The van der Waals surface area contributed by atoms with Gasteiger partial charge in [-0.25, -0.2) is 16.8 Å². The molecule has 0 bridgehead atoms. The molecule has 0 saturated carbocycles. The van der Waals surface area contributed by atoms with Gasteiger partial charge in [0.1, 0.15) is 0 Å². The van der Waals surface area contributed by atoms with E-state index in [1.807, 2.05) is 6.07 Å². The Morgan fingerprint density at radius 3 is 2.03 bits per heavy atom. The highest BCUT2D eigenvalue weighted by Gasteiger charge is 2.41. The molecule has 8 nitrogen and oxygen atoms in total. The lowest BCUT2D eigenvalue weighted by Gasteiger charge is -2.35. The zero-order valence-electron chi connectivity index (χ0n) is 17.4. The van der Waals surface area contributed by atoms with Crippen LogP contribution in [0.4, 0.5) is 0 Å². The lowest BCUT2D eigenvalue weighted by atomic mass is 9.97. The summed E-state index contributed by atoms with van der Waals surface area (Å²) in [5, 5.41) is -0.918. The standard InChI is InChI=1S/C22H24N2O6S2/c25-21(17-6-2-1-3-7-17)19-8-4-5-9-20(19)22(26)23-11-13-24(14-12-23)32(29,30)18-10-15-31(27,28)16-18/h1-9,18H,10-16H2. The molecule has 2 fully saturated rings. The summed E-state index contributed by atoms with van der Waals surface area (Å²) in [4.78, 5) is 27.6. The summed E-state index contributed by atoms with van der Waals surface area (Å²) in [6.45, 7) is 0.537. The monoisotopic (exact) mass is 476 g/mol. The first-order valence-electron chi connectivity index (χ1n) is 10.4. The largest absolute Gasteiger partial charge is 0.336 e. The number of hydrogen-bond acceptors (Lipinski definition) is 6. The van der Waals surface area contributed by atoms with Gasteiger partial charge in [0, 0.05) is 37.3 Å². The SMILES string of the molecule is O=C(c1ccccc1)c1ccccc1C(=O)N1CCN(S(=O)(=O)C2CCS(=O)(=O)C2)CC1. The summed E-state index contributed by atoms with van der Waals surface area (Å²) in [6.07, 6.45) is 0.110. The van der Waals surface area contributed by atoms with E-state index in [9.17, 15) is 26.4 Å². The molecule has 1 unspecified atom stereocenters. The minimum Gasteiger partial charge on any atom is -0.336 e. The maximum Gasteiger partial charge on any atom is 0.254 e. The molecule has 0 aromatic heterocycles. The predicted octanol–water partition coefficient (Wildman–Crippen LogP) is 1.19. The fourth-order valence-corrected chi connectivity index (χ4v) is 8.65. The smallest absolute Gasteiger partial charge is 0.254 e. The molecule has 4 rings (SSSR count). The first-order valence-corrected chi connectivity index (χ1v) is 13.7. The number of ketones is 1. The molecular weight excluding hydrogens is 452 g/mol. The van der Waals surface area contributed by atoms with E-state index in [-0.39, 0.29) is 61.4 Å². The highest BCUT2D eigenvalue weighted by Crippen LogP contribution is 2.24. The second-order valence-electron chi connectivity index (χ2n) is 8.00. The molecule has 10 heteroatoms. The highest BCUT2D eigenvalue weighted by molar-refractivity contribution is 7.95. The number of amides is 1. The maximum absolute atomic E-state index is 13.2. The number of sulfone groups is 1.